The molecule has 5 atom stereocenters. The molecule has 3 aliphatic rings. The molecule has 3 nitrogen and oxygen atoms in total. The lowest BCUT2D eigenvalue weighted by Crippen LogP contribution is -2.47. The fourth-order valence-electron chi connectivity index (χ4n) is 4.24. The van der Waals surface area contributed by atoms with Crippen molar-refractivity contribution in [3.05, 3.63) is 0 Å². The fraction of sp³-hybridized carbons (Fsp3) is 0.929. The Labute approximate surface area is 124 Å². The molecule has 2 saturated carbocycles. The molecule has 0 aromatic heterocycles. The van der Waals surface area contributed by atoms with Gasteiger partial charge in [0.2, 0.25) is 5.91 Å². The molecule has 5 unspecified atom stereocenters. The van der Waals surface area contributed by atoms with E-state index >= 15 is 0 Å². The van der Waals surface area contributed by atoms with E-state index in [1.165, 1.54) is 25.7 Å². The van der Waals surface area contributed by atoms with Gasteiger partial charge in [0.05, 0.1) is 12.6 Å². The predicted molar refractivity (Wildman–Crippen MR) is 75.1 cm³/mol. The minimum atomic E-state index is -2.74. The number of hydrogen-bond donors (Lipinski definition) is 2. The molecule has 0 spiro atoms. The second-order valence-electron chi connectivity index (χ2n) is 6.63. The fourth-order valence-corrected chi connectivity index (χ4v) is 4.24. The van der Waals surface area contributed by atoms with E-state index in [2.05, 4.69) is 10.6 Å². The lowest BCUT2D eigenvalue weighted by Gasteiger charge is -2.29. The van der Waals surface area contributed by atoms with E-state index in [-0.39, 0.29) is 37.3 Å². The highest BCUT2D eigenvalue weighted by Crippen LogP contribution is 2.49. The van der Waals surface area contributed by atoms with Crippen LogP contribution in [-0.2, 0) is 4.79 Å². The zero-order valence-electron chi connectivity index (χ0n) is 11.7. The Hall–Kier alpha value is -0.420. The molecule has 20 heavy (non-hydrogen) atoms. The summed E-state index contributed by atoms with van der Waals surface area (Å²) in [6, 6.07) is -0.616. The van der Waals surface area contributed by atoms with Crippen molar-refractivity contribution >= 4 is 18.3 Å². The number of nitrogens with one attached hydrogen (secondary N) is 2. The van der Waals surface area contributed by atoms with Gasteiger partial charge in [0.15, 0.2) is 0 Å². The van der Waals surface area contributed by atoms with E-state index < -0.39 is 12.0 Å². The maximum atomic E-state index is 13.1. The average molecular weight is 309 g/mol. The van der Waals surface area contributed by atoms with Crippen molar-refractivity contribution in [1.82, 2.24) is 10.6 Å². The molecule has 116 valence electrons. The molecule has 2 aliphatic carbocycles. The largest absolute Gasteiger partial charge is 0.352 e. The molecular weight excluding hydrogens is 286 g/mol. The van der Waals surface area contributed by atoms with Gasteiger partial charge < -0.3 is 5.32 Å². The van der Waals surface area contributed by atoms with Crippen molar-refractivity contribution in [3.8, 4) is 0 Å². The highest BCUT2D eigenvalue weighted by Gasteiger charge is 2.45. The molecule has 3 rings (SSSR count). The van der Waals surface area contributed by atoms with Gasteiger partial charge in [-0.2, -0.15) is 0 Å². The Balaban J connectivity index is 0.00000147. The van der Waals surface area contributed by atoms with Crippen LogP contribution in [0.3, 0.4) is 0 Å². The molecule has 1 heterocycles. The highest BCUT2D eigenvalue weighted by atomic mass is 35.5. The number of rotatable bonds is 3. The van der Waals surface area contributed by atoms with Gasteiger partial charge in [-0.15, -0.1) is 12.4 Å². The van der Waals surface area contributed by atoms with Crippen LogP contribution >= 0.6 is 12.4 Å². The van der Waals surface area contributed by atoms with Crippen LogP contribution in [0.25, 0.3) is 0 Å². The third-order valence-electron chi connectivity index (χ3n) is 5.23. The smallest absolute Gasteiger partial charge is 0.262 e. The lowest BCUT2D eigenvalue weighted by molar-refractivity contribution is -0.124. The molecule has 0 aromatic rings. The van der Waals surface area contributed by atoms with Crippen LogP contribution in [0.15, 0.2) is 0 Å². The molecule has 6 heteroatoms. The van der Waals surface area contributed by atoms with Crippen LogP contribution in [0.4, 0.5) is 8.78 Å². The van der Waals surface area contributed by atoms with Crippen molar-refractivity contribution in [1.29, 1.82) is 0 Å². The molecule has 0 radical (unpaired) electrons. The molecular formula is C14H23ClF2N2O. The van der Waals surface area contributed by atoms with Crippen LogP contribution in [0.1, 0.15) is 39.0 Å². The summed E-state index contributed by atoms with van der Waals surface area (Å²) >= 11 is 0. The maximum Gasteiger partial charge on any atom is 0.262 e. The average Bonchev–Trinajstić information content (AvgIpc) is 3.02. The molecule has 1 saturated heterocycles. The van der Waals surface area contributed by atoms with E-state index in [0.717, 1.165) is 11.8 Å². The molecule has 1 amide bonds. The van der Waals surface area contributed by atoms with Gasteiger partial charge in [0.1, 0.15) is 0 Å². The first-order valence-corrected chi connectivity index (χ1v) is 7.36. The number of carbonyl (C=O) groups is 1. The van der Waals surface area contributed by atoms with Crippen molar-refractivity contribution in [2.75, 3.05) is 6.54 Å². The maximum absolute atomic E-state index is 13.1. The zero-order valence-corrected chi connectivity index (χ0v) is 12.5. The molecule has 2 N–H and O–H groups in total. The van der Waals surface area contributed by atoms with E-state index in [1.54, 1.807) is 0 Å². The first kappa shape index (κ1) is 16.0. The van der Waals surface area contributed by atoms with Gasteiger partial charge >= 0.3 is 0 Å². The third kappa shape index (κ3) is 3.08. The summed E-state index contributed by atoms with van der Waals surface area (Å²) in [4.78, 5) is 12.0. The summed E-state index contributed by atoms with van der Waals surface area (Å²) in [6.45, 7) is 1.64. The van der Waals surface area contributed by atoms with Gasteiger partial charge in [-0.25, -0.2) is 8.78 Å². The third-order valence-corrected chi connectivity index (χ3v) is 5.23. The van der Waals surface area contributed by atoms with E-state index in [4.69, 9.17) is 0 Å². The Morgan fingerprint density at radius 1 is 1.35 bits per heavy atom. The van der Waals surface area contributed by atoms with E-state index in [0.29, 0.717) is 5.92 Å². The molecule has 3 fully saturated rings. The Morgan fingerprint density at radius 2 is 2.10 bits per heavy atom. The standard InChI is InChI=1S/C14H22F2N2O.ClH/c1-8(11-5-9-2-3-10(11)4-9)18-13(19)12-6-14(15,16)7-17-12;/h8-12,17H,2-7H2,1H3,(H,18,19);1H. The van der Waals surface area contributed by atoms with Crippen LogP contribution in [0, 0.1) is 17.8 Å². The summed E-state index contributed by atoms with van der Waals surface area (Å²) in [5.41, 5.74) is 0. The van der Waals surface area contributed by atoms with Gasteiger partial charge in [-0.3, -0.25) is 10.1 Å². The van der Waals surface area contributed by atoms with E-state index in [9.17, 15) is 13.6 Å². The number of alkyl halides is 2. The van der Waals surface area contributed by atoms with Gasteiger partial charge in [-0.05, 0) is 43.9 Å². The van der Waals surface area contributed by atoms with Crippen molar-refractivity contribution in [3.63, 3.8) is 0 Å². The number of hydrogen-bond acceptors (Lipinski definition) is 2. The van der Waals surface area contributed by atoms with Crippen molar-refractivity contribution in [2.45, 2.75) is 57.0 Å². The van der Waals surface area contributed by atoms with Gasteiger partial charge in [0, 0.05) is 12.5 Å². The first-order valence-electron chi connectivity index (χ1n) is 7.36. The van der Waals surface area contributed by atoms with E-state index in [1.807, 2.05) is 6.92 Å². The summed E-state index contributed by atoms with van der Waals surface area (Å²) < 4.78 is 26.1. The second-order valence-corrected chi connectivity index (χ2v) is 6.63. The Morgan fingerprint density at radius 3 is 2.60 bits per heavy atom. The zero-order chi connectivity index (χ0) is 13.6. The summed E-state index contributed by atoms with van der Waals surface area (Å²) in [6.07, 6.45) is 4.72. The number of amides is 1. The number of carbonyl (C=O) groups excluding carboxylic acids is 1. The van der Waals surface area contributed by atoms with Crippen LogP contribution in [-0.4, -0.2) is 30.5 Å². The second kappa shape index (κ2) is 5.76. The van der Waals surface area contributed by atoms with Crippen LogP contribution < -0.4 is 10.6 Å². The summed E-state index contributed by atoms with van der Waals surface area (Å²) in [7, 11) is 0. The quantitative estimate of drug-likeness (QED) is 0.840. The van der Waals surface area contributed by atoms with Crippen LogP contribution in [0.5, 0.6) is 0 Å². The van der Waals surface area contributed by atoms with Crippen molar-refractivity contribution < 1.29 is 13.6 Å². The SMILES string of the molecule is CC(NC(=O)C1CC(F)(F)CN1)C1CC2CCC1C2.Cl. The summed E-state index contributed by atoms with van der Waals surface area (Å²) in [5.74, 6) is -0.879. The summed E-state index contributed by atoms with van der Waals surface area (Å²) in [5, 5.41) is 5.57. The normalized spacial score (nSPS) is 39.4. The lowest BCUT2D eigenvalue weighted by atomic mass is 9.84. The minimum absolute atomic E-state index is 0. The molecule has 1 aliphatic heterocycles. The Bertz CT molecular complexity index is 380. The minimum Gasteiger partial charge on any atom is -0.352 e. The first-order chi connectivity index (χ1) is 8.94. The Kier molecular flexibility index (Phi) is 4.59. The predicted octanol–water partition coefficient (Wildman–Crippen LogP) is 2.35. The number of halogens is 3. The van der Waals surface area contributed by atoms with Crippen LogP contribution in [0.2, 0.25) is 0 Å². The van der Waals surface area contributed by atoms with Crippen molar-refractivity contribution in [2.24, 2.45) is 17.8 Å². The monoisotopic (exact) mass is 308 g/mol. The molecule has 0 aromatic carbocycles. The highest BCUT2D eigenvalue weighted by molar-refractivity contribution is 5.85. The van der Waals surface area contributed by atoms with Gasteiger partial charge in [-0.1, -0.05) is 6.42 Å². The van der Waals surface area contributed by atoms with Gasteiger partial charge in [0.25, 0.3) is 5.92 Å². The molecule has 2 bridgehead atoms. The topological polar surface area (TPSA) is 41.1 Å². The number of fused-ring (bicyclic) bond motifs is 2.